The van der Waals surface area contributed by atoms with E-state index in [4.69, 9.17) is 0 Å². The lowest BCUT2D eigenvalue weighted by atomic mass is 10.2. The highest BCUT2D eigenvalue weighted by molar-refractivity contribution is 5.69. The number of unbranched alkanes of at least 4 members (excludes halogenated alkanes) is 1. The van der Waals surface area contributed by atoms with Gasteiger partial charge in [-0.3, -0.25) is 4.79 Å². The molecule has 0 fully saturated rings. The molecule has 0 rings (SSSR count). The molecule has 0 heterocycles. The van der Waals surface area contributed by atoms with E-state index in [1.165, 1.54) is 0 Å². The zero-order valence-electron chi connectivity index (χ0n) is 7.19. The average Bonchev–Trinajstić information content (AvgIpc) is 1.98. The third-order valence-corrected chi connectivity index (χ3v) is 1.36. The molecule has 0 amide bonds. The number of carbonyl (C=O) groups is 1. The molecular weight excluding hydrogens is 166 g/mol. The van der Waals surface area contributed by atoms with Crippen LogP contribution in [0.1, 0.15) is 32.6 Å². The largest absolute Gasteiger partial charge is 0.466 e. The number of esters is 1. The molecule has 0 bridgehead atoms. The highest BCUT2D eigenvalue weighted by Crippen LogP contribution is 2.07. The molecule has 0 aliphatic heterocycles. The number of halogens is 2. The SMILES string of the molecule is CCOC(=O)CCCCC(F)F. The third kappa shape index (κ3) is 7.44. The number of carbonyl (C=O) groups excluding carboxylic acids is 1. The Morgan fingerprint density at radius 2 is 2.08 bits per heavy atom. The summed E-state index contributed by atoms with van der Waals surface area (Å²) in [6.45, 7) is 2.07. The lowest BCUT2D eigenvalue weighted by Crippen LogP contribution is -2.03. The van der Waals surface area contributed by atoms with E-state index < -0.39 is 6.43 Å². The van der Waals surface area contributed by atoms with Gasteiger partial charge < -0.3 is 4.74 Å². The quantitative estimate of drug-likeness (QED) is 0.463. The molecule has 0 radical (unpaired) electrons. The lowest BCUT2D eigenvalue weighted by Gasteiger charge is -2.00. The van der Waals surface area contributed by atoms with Crippen molar-refractivity contribution in [1.29, 1.82) is 0 Å². The molecule has 0 aliphatic carbocycles. The molecule has 0 saturated heterocycles. The van der Waals surface area contributed by atoms with Crippen molar-refractivity contribution in [3.8, 4) is 0 Å². The molecule has 0 saturated carbocycles. The molecule has 0 atom stereocenters. The minimum atomic E-state index is -2.26. The van der Waals surface area contributed by atoms with Crippen molar-refractivity contribution >= 4 is 5.97 Å². The highest BCUT2D eigenvalue weighted by Gasteiger charge is 2.04. The van der Waals surface area contributed by atoms with Gasteiger partial charge >= 0.3 is 5.97 Å². The van der Waals surface area contributed by atoms with Crippen molar-refractivity contribution in [2.75, 3.05) is 6.61 Å². The van der Waals surface area contributed by atoms with Gasteiger partial charge in [-0.2, -0.15) is 0 Å². The van der Waals surface area contributed by atoms with Crippen LogP contribution >= 0.6 is 0 Å². The van der Waals surface area contributed by atoms with Gasteiger partial charge in [0, 0.05) is 12.8 Å². The second-order valence-electron chi connectivity index (χ2n) is 2.44. The van der Waals surface area contributed by atoms with Crippen molar-refractivity contribution in [2.45, 2.75) is 39.0 Å². The van der Waals surface area contributed by atoms with E-state index in [9.17, 15) is 13.6 Å². The summed E-state index contributed by atoms with van der Waals surface area (Å²) in [5.41, 5.74) is 0. The molecule has 12 heavy (non-hydrogen) atoms. The Balaban J connectivity index is 3.14. The Kier molecular flexibility index (Phi) is 6.61. The Labute approximate surface area is 70.9 Å². The molecule has 0 aromatic carbocycles. The summed E-state index contributed by atoms with van der Waals surface area (Å²) in [6, 6.07) is 0. The van der Waals surface area contributed by atoms with E-state index in [2.05, 4.69) is 4.74 Å². The predicted molar refractivity (Wildman–Crippen MR) is 41.1 cm³/mol. The molecule has 0 aromatic heterocycles. The van der Waals surface area contributed by atoms with Crippen LogP contribution in [0.15, 0.2) is 0 Å². The second-order valence-corrected chi connectivity index (χ2v) is 2.44. The molecule has 0 spiro atoms. The van der Waals surface area contributed by atoms with Crippen LogP contribution in [-0.2, 0) is 9.53 Å². The zero-order chi connectivity index (χ0) is 9.40. The Bertz CT molecular complexity index is 126. The van der Waals surface area contributed by atoms with Gasteiger partial charge in [0.1, 0.15) is 0 Å². The molecule has 0 N–H and O–H groups in total. The average molecular weight is 180 g/mol. The monoisotopic (exact) mass is 180 g/mol. The van der Waals surface area contributed by atoms with E-state index in [1.807, 2.05) is 0 Å². The number of alkyl halides is 2. The fourth-order valence-electron chi connectivity index (χ4n) is 0.801. The molecule has 2 nitrogen and oxygen atoms in total. The number of hydrogen-bond acceptors (Lipinski definition) is 2. The fraction of sp³-hybridized carbons (Fsp3) is 0.875. The maximum Gasteiger partial charge on any atom is 0.305 e. The summed E-state index contributed by atoms with van der Waals surface area (Å²) in [6.07, 6.45) is -1.26. The molecule has 72 valence electrons. The first-order valence-corrected chi connectivity index (χ1v) is 4.10. The fourth-order valence-corrected chi connectivity index (χ4v) is 0.801. The molecule has 0 aliphatic rings. The summed E-state index contributed by atoms with van der Waals surface area (Å²) in [5.74, 6) is -0.299. The smallest absolute Gasteiger partial charge is 0.305 e. The topological polar surface area (TPSA) is 26.3 Å². The minimum absolute atomic E-state index is 0.126. The van der Waals surface area contributed by atoms with E-state index in [-0.39, 0.29) is 18.8 Å². The van der Waals surface area contributed by atoms with Gasteiger partial charge in [0.2, 0.25) is 6.43 Å². The van der Waals surface area contributed by atoms with Gasteiger partial charge in [-0.1, -0.05) is 0 Å². The summed E-state index contributed by atoms with van der Waals surface area (Å²) >= 11 is 0. The van der Waals surface area contributed by atoms with Crippen LogP contribution in [-0.4, -0.2) is 19.0 Å². The van der Waals surface area contributed by atoms with Crippen LogP contribution in [0.3, 0.4) is 0 Å². The van der Waals surface area contributed by atoms with Crippen LogP contribution < -0.4 is 0 Å². The molecule has 0 unspecified atom stereocenters. The predicted octanol–water partition coefficient (Wildman–Crippen LogP) is 2.38. The maximum absolute atomic E-state index is 11.6. The zero-order valence-corrected chi connectivity index (χ0v) is 7.19. The van der Waals surface area contributed by atoms with E-state index in [1.54, 1.807) is 6.92 Å². The van der Waals surface area contributed by atoms with E-state index in [0.717, 1.165) is 0 Å². The molecule has 4 heteroatoms. The van der Waals surface area contributed by atoms with Crippen molar-refractivity contribution in [2.24, 2.45) is 0 Å². The van der Waals surface area contributed by atoms with Gasteiger partial charge in [0.05, 0.1) is 6.61 Å². The first-order chi connectivity index (χ1) is 5.66. The van der Waals surface area contributed by atoms with Gasteiger partial charge in [-0.15, -0.1) is 0 Å². The van der Waals surface area contributed by atoms with E-state index >= 15 is 0 Å². The van der Waals surface area contributed by atoms with Crippen LogP contribution in [0.25, 0.3) is 0 Å². The Morgan fingerprint density at radius 1 is 1.42 bits per heavy atom. The first-order valence-electron chi connectivity index (χ1n) is 4.10. The molecule has 0 aromatic rings. The van der Waals surface area contributed by atoms with Crippen molar-refractivity contribution in [1.82, 2.24) is 0 Å². The van der Waals surface area contributed by atoms with Crippen LogP contribution in [0.4, 0.5) is 8.78 Å². The summed E-state index contributed by atoms with van der Waals surface area (Å²) in [4.78, 5) is 10.7. The molecular formula is C8H14F2O2. The van der Waals surface area contributed by atoms with Crippen molar-refractivity contribution < 1.29 is 18.3 Å². The van der Waals surface area contributed by atoms with E-state index in [0.29, 0.717) is 19.4 Å². The second kappa shape index (κ2) is 7.00. The maximum atomic E-state index is 11.6. The number of hydrogen-bond donors (Lipinski definition) is 0. The standard InChI is InChI=1S/C8H14F2O2/c1-2-12-8(11)6-4-3-5-7(9)10/h7H,2-6H2,1H3. The first kappa shape index (κ1) is 11.3. The van der Waals surface area contributed by atoms with Gasteiger partial charge in [-0.25, -0.2) is 8.78 Å². The normalized spacial score (nSPS) is 10.3. The summed E-state index contributed by atoms with van der Waals surface area (Å²) in [7, 11) is 0. The minimum Gasteiger partial charge on any atom is -0.466 e. The summed E-state index contributed by atoms with van der Waals surface area (Å²) < 4.78 is 27.8. The highest BCUT2D eigenvalue weighted by atomic mass is 19.3. The lowest BCUT2D eigenvalue weighted by molar-refractivity contribution is -0.143. The van der Waals surface area contributed by atoms with Crippen molar-refractivity contribution in [3.63, 3.8) is 0 Å². The number of ether oxygens (including phenoxy) is 1. The van der Waals surface area contributed by atoms with Crippen LogP contribution in [0.2, 0.25) is 0 Å². The van der Waals surface area contributed by atoms with Gasteiger partial charge in [0.25, 0.3) is 0 Å². The number of rotatable bonds is 6. The van der Waals surface area contributed by atoms with Crippen LogP contribution in [0.5, 0.6) is 0 Å². The van der Waals surface area contributed by atoms with Crippen molar-refractivity contribution in [3.05, 3.63) is 0 Å². The van der Waals surface area contributed by atoms with Crippen LogP contribution in [0, 0.1) is 0 Å². The summed E-state index contributed by atoms with van der Waals surface area (Å²) in [5, 5.41) is 0. The Morgan fingerprint density at radius 3 is 2.58 bits per heavy atom. The van der Waals surface area contributed by atoms with Gasteiger partial charge in [0.15, 0.2) is 0 Å². The Hall–Kier alpha value is -0.670. The third-order valence-electron chi connectivity index (χ3n) is 1.36. The van der Waals surface area contributed by atoms with Gasteiger partial charge in [-0.05, 0) is 19.8 Å².